The molecule has 1 aromatic rings. The SMILES string of the molecule is [N-]=[N+]=C(C1(S(=O)O)CCCC1)S(=O)(=O)c1ccccc1Cl. The number of hydrogen-bond donors (Lipinski definition) is 1. The lowest BCUT2D eigenvalue weighted by Gasteiger charge is -2.19. The molecule has 1 aliphatic carbocycles. The molecule has 0 bridgehead atoms. The molecule has 0 saturated heterocycles. The Morgan fingerprint density at radius 2 is 1.90 bits per heavy atom. The molecule has 0 aliphatic heterocycles. The van der Waals surface area contributed by atoms with E-state index in [-0.39, 0.29) is 22.8 Å². The van der Waals surface area contributed by atoms with Gasteiger partial charge in [-0.2, -0.15) is 4.79 Å². The highest BCUT2D eigenvalue weighted by Crippen LogP contribution is 2.39. The van der Waals surface area contributed by atoms with Gasteiger partial charge in [-0.1, -0.05) is 36.6 Å². The van der Waals surface area contributed by atoms with E-state index in [2.05, 4.69) is 4.79 Å². The Morgan fingerprint density at radius 3 is 2.38 bits per heavy atom. The monoisotopic (exact) mass is 348 g/mol. The van der Waals surface area contributed by atoms with Crippen molar-refractivity contribution in [2.24, 2.45) is 0 Å². The zero-order valence-electron chi connectivity index (χ0n) is 10.9. The lowest BCUT2D eigenvalue weighted by molar-refractivity contribution is -0.00616. The molecule has 0 heterocycles. The second kappa shape index (κ2) is 5.98. The number of rotatable bonds is 3. The summed E-state index contributed by atoms with van der Waals surface area (Å²) < 4.78 is 45.0. The number of benzene rings is 1. The van der Waals surface area contributed by atoms with Crippen molar-refractivity contribution in [3.8, 4) is 0 Å². The summed E-state index contributed by atoms with van der Waals surface area (Å²) in [6, 6.07) is 5.70. The maximum absolute atomic E-state index is 12.7. The van der Waals surface area contributed by atoms with E-state index in [0.29, 0.717) is 12.8 Å². The van der Waals surface area contributed by atoms with Crippen molar-refractivity contribution >= 4 is 37.6 Å². The normalized spacial score (nSPS) is 19.0. The summed E-state index contributed by atoms with van der Waals surface area (Å²) in [5.74, 6) is 0. The Hall–Kier alpha value is -1.05. The maximum atomic E-state index is 12.7. The van der Waals surface area contributed by atoms with E-state index >= 15 is 0 Å². The number of hydrogen-bond acceptors (Lipinski definition) is 3. The Morgan fingerprint density at radius 1 is 1.33 bits per heavy atom. The summed E-state index contributed by atoms with van der Waals surface area (Å²) in [5, 5.41) is -0.725. The molecule has 0 radical (unpaired) electrons. The lowest BCUT2D eigenvalue weighted by atomic mass is 10.1. The number of sulfone groups is 1. The second-order valence-electron chi connectivity index (χ2n) is 4.79. The summed E-state index contributed by atoms with van der Waals surface area (Å²) >= 11 is 3.42. The molecular formula is C12H13ClN2O4S2. The van der Waals surface area contributed by atoms with Crippen LogP contribution in [0.2, 0.25) is 5.02 Å². The summed E-state index contributed by atoms with van der Waals surface area (Å²) in [6.45, 7) is 0. The topological polar surface area (TPSA) is 108 Å². The fraction of sp³-hybridized carbons (Fsp3) is 0.417. The van der Waals surface area contributed by atoms with Gasteiger partial charge in [-0.25, -0.2) is 12.6 Å². The minimum atomic E-state index is -4.25. The molecule has 0 amide bonds. The molecular weight excluding hydrogens is 336 g/mol. The Kier molecular flexibility index (Phi) is 4.65. The van der Waals surface area contributed by atoms with Crippen molar-refractivity contribution in [1.29, 1.82) is 0 Å². The third-order valence-corrected chi connectivity index (χ3v) is 7.36. The number of halogens is 1. The van der Waals surface area contributed by atoms with Gasteiger partial charge in [-0.05, 0) is 25.0 Å². The van der Waals surface area contributed by atoms with Crippen molar-refractivity contribution in [3.05, 3.63) is 34.8 Å². The molecule has 0 aromatic heterocycles. The van der Waals surface area contributed by atoms with Crippen LogP contribution >= 0.6 is 11.6 Å². The summed E-state index contributed by atoms with van der Waals surface area (Å²) in [6.07, 6.45) is 1.51. The highest BCUT2D eigenvalue weighted by Gasteiger charge is 2.57. The zero-order chi connectivity index (χ0) is 15.7. The highest BCUT2D eigenvalue weighted by atomic mass is 35.5. The molecule has 1 atom stereocenters. The van der Waals surface area contributed by atoms with Crippen LogP contribution in [0.3, 0.4) is 0 Å². The molecule has 1 N–H and O–H groups in total. The molecule has 2 rings (SSSR count). The van der Waals surface area contributed by atoms with Crippen LogP contribution in [0.5, 0.6) is 0 Å². The molecule has 21 heavy (non-hydrogen) atoms. The fourth-order valence-electron chi connectivity index (χ4n) is 2.57. The van der Waals surface area contributed by atoms with E-state index in [0.717, 1.165) is 0 Å². The summed E-state index contributed by atoms with van der Waals surface area (Å²) in [4.78, 5) is 2.63. The minimum absolute atomic E-state index is 0.0319. The van der Waals surface area contributed by atoms with Crippen LogP contribution in [0.25, 0.3) is 5.53 Å². The maximum Gasteiger partial charge on any atom is 0.406 e. The first-order chi connectivity index (χ1) is 9.86. The molecule has 1 saturated carbocycles. The highest BCUT2D eigenvalue weighted by molar-refractivity contribution is 8.08. The van der Waals surface area contributed by atoms with Gasteiger partial charge in [0.1, 0.15) is 0 Å². The van der Waals surface area contributed by atoms with Crippen LogP contribution in [-0.2, 0) is 20.9 Å². The molecule has 0 spiro atoms. The van der Waals surface area contributed by atoms with Gasteiger partial charge in [-0.15, -0.1) is 0 Å². The predicted octanol–water partition coefficient (Wildman–Crippen LogP) is 2.28. The number of nitrogens with zero attached hydrogens (tertiary/aromatic N) is 2. The van der Waals surface area contributed by atoms with E-state index in [1.165, 1.54) is 18.2 Å². The van der Waals surface area contributed by atoms with Gasteiger partial charge < -0.3 is 10.1 Å². The fourth-order valence-corrected chi connectivity index (χ4v) is 5.97. The van der Waals surface area contributed by atoms with Crippen LogP contribution in [0.4, 0.5) is 0 Å². The molecule has 1 fully saturated rings. The van der Waals surface area contributed by atoms with E-state index in [1.807, 2.05) is 0 Å². The standard InChI is InChI=1S/C12H13ClN2O4S2/c13-9-5-1-2-6-10(9)21(18,19)11(15-14)12(20(16)17)7-3-4-8-12/h1-2,5-6H,3-4,7-8H2,(H,16,17). The van der Waals surface area contributed by atoms with Gasteiger partial charge in [0.05, 0.1) is 9.92 Å². The van der Waals surface area contributed by atoms with Crippen LogP contribution < -0.4 is 0 Å². The minimum Gasteiger partial charge on any atom is -0.360 e. The van der Waals surface area contributed by atoms with Crippen LogP contribution in [-0.4, -0.2) is 31.8 Å². The molecule has 1 aliphatic rings. The zero-order valence-corrected chi connectivity index (χ0v) is 13.3. The predicted molar refractivity (Wildman–Crippen MR) is 79.2 cm³/mol. The first-order valence-corrected chi connectivity index (χ1v) is 9.16. The molecule has 9 heteroatoms. The summed E-state index contributed by atoms with van der Waals surface area (Å²) in [7, 11) is -4.25. The second-order valence-corrected chi connectivity index (χ2v) is 8.31. The van der Waals surface area contributed by atoms with Gasteiger partial charge in [-0.3, -0.25) is 0 Å². The van der Waals surface area contributed by atoms with Gasteiger partial charge in [0.2, 0.25) is 0 Å². The smallest absolute Gasteiger partial charge is 0.360 e. The Labute approximate surface area is 130 Å². The summed E-state index contributed by atoms with van der Waals surface area (Å²) in [5.41, 5.74) is 9.21. The first-order valence-electron chi connectivity index (χ1n) is 6.19. The van der Waals surface area contributed by atoms with Gasteiger partial charge >= 0.3 is 5.04 Å². The van der Waals surface area contributed by atoms with E-state index in [4.69, 9.17) is 11.6 Å². The van der Waals surface area contributed by atoms with Gasteiger partial charge in [0.25, 0.3) is 9.84 Å². The first kappa shape index (κ1) is 16.3. The largest absolute Gasteiger partial charge is 0.406 e. The van der Waals surface area contributed by atoms with Gasteiger partial charge in [0, 0.05) is 0 Å². The van der Waals surface area contributed by atoms with Crippen LogP contribution in [0.15, 0.2) is 29.2 Å². The average Bonchev–Trinajstić information content (AvgIpc) is 2.90. The lowest BCUT2D eigenvalue weighted by Crippen LogP contribution is -2.45. The van der Waals surface area contributed by atoms with E-state index in [1.54, 1.807) is 6.07 Å². The average molecular weight is 349 g/mol. The van der Waals surface area contributed by atoms with Crippen LogP contribution in [0, 0.1) is 0 Å². The third-order valence-electron chi connectivity index (χ3n) is 3.61. The third kappa shape index (κ3) is 2.69. The van der Waals surface area contributed by atoms with E-state index in [9.17, 15) is 22.7 Å². The quantitative estimate of drug-likeness (QED) is 0.297. The Bertz CT molecular complexity index is 735. The van der Waals surface area contributed by atoms with E-state index < -0.39 is 30.7 Å². The molecule has 1 unspecified atom stereocenters. The molecule has 6 nitrogen and oxygen atoms in total. The molecule has 1 aromatic carbocycles. The van der Waals surface area contributed by atoms with Gasteiger partial charge in [0.15, 0.2) is 15.8 Å². The van der Waals surface area contributed by atoms with Crippen molar-refractivity contribution < 1.29 is 22.0 Å². The van der Waals surface area contributed by atoms with Crippen molar-refractivity contribution in [1.82, 2.24) is 0 Å². The van der Waals surface area contributed by atoms with Crippen molar-refractivity contribution in [3.63, 3.8) is 0 Å². The van der Waals surface area contributed by atoms with Crippen LogP contribution in [0.1, 0.15) is 25.7 Å². The molecule has 114 valence electrons. The van der Waals surface area contributed by atoms with Crippen molar-refractivity contribution in [2.45, 2.75) is 35.3 Å². The Balaban J connectivity index is 2.65. The van der Waals surface area contributed by atoms with Crippen molar-refractivity contribution in [2.75, 3.05) is 0 Å².